The van der Waals surface area contributed by atoms with Gasteiger partial charge in [0.25, 0.3) is 11.8 Å². The third kappa shape index (κ3) is 5.24. The molecule has 0 aliphatic heterocycles. The van der Waals surface area contributed by atoms with Gasteiger partial charge in [-0.15, -0.1) is 0 Å². The Balaban J connectivity index is 1.88. The van der Waals surface area contributed by atoms with E-state index in [4.69, 9.17) is 9.47 Å². The summed E-state index contributed by atoms with van der Waals surface area (Å²) in [5.74, 6) is 0.458. The van der Waals surface area contributed by atoms with Crippen LogP contribution in [-0.2, 0) is 4.79 Å². The van der Waals surface area contributed by atoms with Gasteiger partial charge in [-0.3, -0.25) is 20.4 Å². The quantitative estimate of drug-likeness (QED) is 0.780. The molecule has 1 atom stereocenters. The maximum Gasteiger partial charge on any atom is 0.279 e. The van der Waals surface area contributed by atoms with Gasteiger partial charge >= 0.3 is 0 Å². The Morgan fingerprint density at radius 2 is 1.65 bits per heavy atom. The van der Waals surface area contributed by atoms with Gasteiger partial charge in [0.05, 0.1) is 6.61 Å². The SMILES string of the molecule is CCOc1ccc(O[C@H](C)C(=O)NNC(=O)c2cc(C)ccc2C)cc1. The van der Waals surface area contributed by atoms with Crippen LogP contribution in [0.4, 0.5) is 0 Å². The molecule has 0 spiro atoms. The van der Waals surface area contributed by atoms with Gasteiger partial charge < -0.3 is 9.47 Å². The molecule has 0 aliphatic carbocycles. The number of carbonyl (C=O) groups is 2. The lowest BCUT2D eigenvalue weighted by Crippen LogP contribution is -2.47. The molecule has 6 nitrogen and oxygen atoms in total. The molecule has 2 aromatic carbocycles. The second kappa shape index (κ2) is 8.89. The summed E-state index contributed by atoms with van der Waals surface area (Å²) in [4.78, 5) is 24.4. The highest BCUT2D eigenvalue weighted by Crippen LogP contribution is 2.18. The van der Waals surface area contributed by atoms with Crippen LogP contribution < -0.4 is 20.3 Å². The fourth-order valence-corrected chi connectivity index (χ4v) is 2.31. The first kappa shape index (κ1) is 19.3. The van der Waals surface area contributed by atoms with Crippen molar-refractivity contribution in [3.63, 3.8) is 0 Å². The number of benzene rings is 2. The normalized spacial score (nSPS) is 11.4. The van der Waals surface area contributed by atoms with Gasteiger partial charge in [-0.05, 0) is 63.6 Å². The van der Waals surface area contributed by atoms with Crippen LogP contribution >= 0.6 is 0 Å². The van der Waals surface area contributed by atoms with Gasteiger partial charge in [0.2, 0.25) is 0 Å². The molecule has 0 fully saturated rings. The second-order valence-corrected chi connectivity index (χ2v) is 5.93. The lowest BCUT2D eigenvalue weighted by molar-refractivity contribution is -0.128. The predicted octanol–water partition coefficient (Wildman–Crippen LogP) is 2.93. The monoisotopic (exact) mass is 356 g/mol. The van der Waals surface area contributed by atoms with Crippen molar-refractivity contribution in [3.05, 3.63) is 59.2 Å². The van der Waals surface area contributed by atoms with E-state index in [0.717, 1.165) is 16.9 Å². The molecule has 0 saturated carbocycles. The van der Waals surface area contributed by atoms with Gasteiger partial charge in [-0.25, -0.2) is 0 Å². The summed E-state index contributed by atoms with van der Waals surface area (Å²) in [6.07, 6.45) is -0.771. The standard InChI is InChI=1S/C20H24N2O4/c1-5-25-16-8-10-17(11-9-16)26-15(4)19(23)21-22-20(24)18-12-13(2)6-7-14(18)3/h6-12,15H,5H2,1-4H3,(H,21,23)(H,22,24)/t15-/m1/s1. The van der Waals surface area contributed by atoms with E-state index in [2.05, 4.69) is 10.9 Å². The van der Waals surface area contributed by atoms with Crippen molar-refractivity contribution in [1.82, 2.24) is 10.9 Å². The highest BCUT2D eigenvalue weighted by molar-refractivity contribution is 5.97. The highest BCUT2D eigenvalue weighted by Gasteiger charge is 2.16. The van der Waals surface area contributed by atoms with Crippen molar-refractivity contribution in [3.8, 4) is 11.5 Å². The molecule has 2 rings (SSSR count). The molecular weight excluding hydrogens is 332 g/mol. The van der Waals surface area contributed by atoms with Crippen LogP contribution in [0.2, 0.25) is 0 Å². The smallest absolute Gasteiger partial charge is 0.279 e. The van der Waals surface area contributed by atoms with Crippen molar-refractivity contribution in [2.45, 2.75) is 33.8 Å². The zero-order valence-electron chi connectivity index (χ0n) is 15.5. The van der Waals surface area contributed by atoms with Gasteiger partial charge in [-0.2, -0.15) is 0 Å². The number of carbonyl (C=O) groups excluding carboxylic acids is 2. The topological polar surface area (TPSA) is 76.7 Å². The Morgan fingerprint density at radius 3 is 2.31 bits per heavy atom. The average molecular weight is 356 g/mol. The number of rotatable bonds is 6. The third-order valence-electron chi connectivity index (χ3n) is 3.75. The maximum atomic E-state index is 12.2. The van der Waals surface area contributed by atoms with Gasteiger partial charge in [-0.1, -0.05) is 17.7 Å². The van der Waals surface area contributed by atoms with Crippen molar-refractivity contribution in [1.29, 1.82) is 0 Å². The maximum absolute atomic E-state index is 12.2. The zero-order valence-corrected chi connectivity index (χ0v) is 15.5. The lowest BCUT2D eigenvalue weighted by atomic mass is 10.1. The molecule has 26 heavy (non-hydrogen) atoms. The summed E-state index contributed by atoms with van der Waals surface area (Å²) < 4.78 is 10.9. The fourth-order valence-electron chi connectivity index (χ4n) is 2.31. The van der Waals surface area contributed by atoms with E-state index in [9.17, 15) is 9.59 Å². The summed E-state index contributed by atoms with van der Waals surface area (Å²) in [6, 6.07) is 12.6. The van der Waals surface area contributed by atoms with Gasteiger partial charge in [0.1, 0.15) is 11.5 Å². The predicted molar refractivity (Wildman–Crippen MR) is 99.2 cm³/mol. The number of amides is 2. The summed E-state index contributed by atoms with van der Waals surface area (Å²) >= 11 is 0. The number of hydrazine groups is 1. The van der Waals surface area contributed by atoms with Crippen LogP contribution in [-0.4, -0.2) is 24.5 Å². The molecule has 2 N–H and O–H groups in total. The Hall–Kier alpha value is -3.02. The van der Waals surface area contributed by atoms with Crippen LogP contribution in [0.25, 0.3) is 0 Å². The summed E-state index contributed by atoms with van der Waals surface area (Å²) in [6.45, 7) is 7.84. The van der Waals surface area contributed by atoms with Crippen LogP contribution in [0.3, 0.4) is 0 Å². The van der Waals surface area contributed by atoms with Crippen LogP contribution in [0, 0.1) is 13.8 Å². The second-order valence-electron chi connectivity index (χ2n) is 5.93. The van der Waals surface area contributed by atoms with Crippen molar-refractivity contribution in [2.75, 3.05) is 6.61 Å². The molecule has 0 saturated heterocycles. The zero-order chi connectivity index (χ0) is 19.1. The molecule has 0 bridgehead atoms. The Labute approximate surface area is 153 Å². The number of aryl methyl sites for hydroxylation is 2. The third-order valence-corrected chi connectivity index (χ3v) is 3.75. The minimum atomic E-state index is -0.771. The Bertz CT molecular complexity index is 772. The molecule has 0 unspecified atom stereocenters. The molecule has 2 amide bonds. The van der Waals surface area contributed by atoms with E-state index < -0.39 is 12.0 Å². The summed E-state index contributed by atoms with van der Waals surface area (Å²) in [5.41, 5.74) is 7.14. The summed E-state index contributed by atoms with van der Waals surface area (Å²) in [7, 11) is 0. The number of ether oxygens (including phenoxy) is 2. The van der Waals surface area contributed by atoms with Gasteiger partial charge in [0, 0.05) is 5.56 Å². The fraction of sp³-hybridized carbons (Fsp3) is 0.300. The summed E-state index contributed by atoms with van der Waals surface area (Å²) in [5, 5.41) is 0. The average Bonchev–Trinajstić information content (AvgIpc) is 2.63. The number of hydrogen-bond acceptors (Lipinski definition) is 4. The molecule has 0 radical (unpaired) electrons. The van der Waals surface area contributed by atoms with E-state index in [0.29, 0.717) is 17.9 Å². The molecule has 0 aliphatic rings. The van der Waals surface area contributed by atoms with E-state index in [1.165, 1.54) is 0 Å². The number of hydrogen-bond donors (Lipinski definition) is 2. The van der Waals surface area contributed by atoms with Crippen molar-refractivity contribution < 1.29 is 19.1 Å². The lowest BCUT2D eigenvalue weighted by Gasteiger charge is -2.16. The van der Waals surface area contributed by atoms with E-state index in [1.807, 2.05) is 32.9 Å². The molecule has 0 aromatic heterocycles. The minimum Gasteiger partial charge on any atom is -0.494 e. The van der Waals surface area contributed by atoms with Gasteiger partial charge in [0.15, 0.2) is 6.10 Å². The largest absolute Gasteiger partial charge is 0.494 e. The molecule has 138 valence electrons. The molecule has 2 aromatic rings. The van der Waals surface area contributed by atoms with E-state index >= 15 is 0 Å². The van der Waals surface area contributed by atoms with E-state index in [1.54, 1.807) is 37.3 Å². The van der Waals surface area contributed by atoms with Crippen LogP contribution in [0.1, 0.15) is 35.3 Å². The number of nitrogens with one attached hydrogen (secondary N) is 2. The van der Waals surface area contributed by atoms with Crippen molar-refractivity contribution in [2.24, 2.45) is 0 Å². The Morgan fingerprint density at radius 1 is 1.00 bits per heavy atom. The first-order chi connectivity index (χ1) is 12.4. The molecule has 0 heterocycles. The first-order valence-electron chi connectivity index (χ1n) is 8.47. The molecule has 6 heteroatoms. The van der Waals surface area contributed by atoms with Crippen LogP contribution in [0.5, 0.6) is 11.5 Å². The minimum absolute atomic E-state index is 0.368. The molecular formula is C20H24N2O4. The first-order valence-corrected chi connectivity index (χ1v) is 8.47. The Kier molecular flexibility index (Phi) is 6.60. The van der Waals surface area contributed by atoms with E-state index in [-0.39, 0.29) is 5.91 Å². The highest BCUT2D eigenvalue weighted by atomic mass is 16.5. The van der Waals surface area contributed by atoms with Crippen LogP contribution in [0.15, 0.2) is 42.5 Å². The van der Waals surface area contributed by atoms with Crippen molar-refractivity contribution >= 4 is 11.8 Å².